The molecule has 0 atom stereocenters. The number of fused-ring (bicyclic) bond motifs is 6. The van der Waals surface area contributed by atoms with Crippen molar-refractivity contribution in [2.24, 2.45) is 0 Å². The van der Waals surface area contributed by atoms with Gasteiger partial charge in [0.15, 0.2) is 0 Å². The molecule has 0 fully saturated rings. The van der Waals surface area contributed by atoms with Crippen molar-refractivity contribution in [1.29, 1.82) is 0 Å². The van der Waals surface area contributed by atoms with E-state index in [2.05, 4.69) is 132 Å². The van der Waals surface area contributed by atoms with E-state index in [0.29, 0.717) is 5.56 Å². The standard InChI is InChI=1S/C50H33NO/c1-3-12-34(13-4-1)35-22-27-40(28-23-35)51(48-33-39-16-7-8-17-42(39)44-18-9-10-19-45(44)48)41-29-24-36(25-30-41)38-26-31-49-47(32-38)46-21-11-20-43(50(46)52-49)37-14-5-2-6-15-37/h1-33H/i1D,3D,4D,12D,13D. The van der Waals surface area contributed by atoms with Gasteiger partial charge in [-0.3, -0.25) is 0 Å². The molecule has 2 heteroatoms. The van der Waals surface area contributed by atoms with Gasteiger partial charge in [-0.2, -0.15) is 0 Å². The second-order valence-corrected chi connectivity index (χ2v) is 13.0. The number of hydrogen-bond donors (Lipinski definition) is 0. The fourth-order valence-corrected chi connectivity index (χ4v) is 7.44. The molecule has 1 aromatic heterocycles. The molecule has 0 aliphatic rings. The minimum absolute atomic E-state index is 0.179. The quantitative estimate of drug-likeness (QED) is 0.164. The Bertz CT molecular complexity index is 3150. The molecule has 0 bridgehead atoms. The third-order valence-corrected chi connectivity index (χ3v) is 9.94. The highest BCUT2D eigenvalue weighted by Gasteiger charge is 2.18. The average molecular weight is 669 g/mol. The number of hydrogen-bond acceptors (Lipinski definition) is 2. The first-order valence-corrected chi connectivity index (χ1v) is 17.3. The minimum atomic E-state index is -0.404. The SMILES string of the molecule is [2H]c1c([2H])c([2H])c(-c2ccc(N(c3ccc(-c4ccc5oc6c(-c7ccccc7)cccc6c5c4)cc3)c3cc4ccccc4c4ccccc34)cc2)c([2H])c1[2H]. The lowest BCUT2D eigenvalue weighted by Crippen LogP contribution is -2.10. The van der Waals surface area contributed by atoms with E-state index < -0.39 is 6.04 Å². The molecule has 10 aromatic rings. The van der Waals surface area contributed by atoms with Crippen LogP contribution in [0.1, 0.15) is 6.85 Å². The second kappa shape index (κ2) is 12.5. The van der Waals surface area contributed by atoms with E-state index in [-0.39, 0.29) is 29.7 Å². The third kappa shape index (κ3) is 5.12. The summed E-state index contributed by atoms with van der Waals surface area (Å²) in [6, 6.07) is 56.6. The number of rotatable bonds is 6. The topological polar surface area (TPSA) is 16.4 Å². The Balaban J connectivity index is 1.10. The van der Waals surface area contributed by atoms with Crippen LogP contribution in [0.25, 0.3) is 76.9 Å². The van der Waals surface area contributed by atoms with E-state index >= 15 is 0 Å². The maximum atomic E-state index is 8.57. The van der Waals surface area contributed by atoms with Crippen LogP contribution in [-0.2, 0) is 0 Å². The molecule has 0 spiro atoms. The predicted octanol–water partition coefficient (Wildman–Crippen LogP) is 14.4. The molecule has 9 aromatic carbocycles. The molecule has 52 heavy (non-hydrogen) atoms. The van der Waals surface area contributed by atoms with E-state index in [1.165, 1.54) is 5.39 Å². The smallest absolute Gasteiger partial charge is 0.143 e. The highest BCUT2D eigenvalue weighted by molar-refractivity contribution is 6.15. The Morgan fingerprint density at radius 1 is 0.404 bits per heavy atom. The highest BCUT2D eigenvalue weighted by Crippen LogP contribution is 2.43. The van der Waals surface area contributed by atoms with Gasteiger partial charge >= 0.3 is 0 Å². The van der Waals surface area contributed by atoms with Crippen LogP contribution in [0.5, 0.6) is 0 Å². The molecule has 0 unspecified atom stereocenters. The zero-order valence-electron chi connectivity index (χ0n) is 33.0. The summed E-state index contributed by atoms with van der Waals surface area (Å²) in [6.45, 7) is 0. The van der Waals surface area contributed by atoms with E-state index in [4.69, 9.17) is 11.3 Å². The summed E-state index contributed by atoms with van der Waals surface area (Å²) in [5, 5.41) is 6.64. The van der Waals surface area contributed by atoms with Crippen LogP contribution in [0.4, 0.5) is 17.1 Å². The van der Waals surface area contributed by atoms with Gasteiger partial charge in [0.1, 0.15) is 11.2 Å². The Kier molecular flexibility index (Phi) is 6.01. The second-order valence-electron chi connectivity index (χ2n) is 13.0. The van der Waals surface area contributed by atoms with Crippen LogP contribution < -0.4 is 4.90 Å². The molecule has 244 valence electrons. The zero-order chi connectivity index (χ0) is 38.8. The van der Waals surface area contributed by atoms with Crippen LogP contribution in [0, 0.1) is 0 Å². The van der Waals surface area contributed by atoms with Gasteiger partial charge in [0.2, 0.25) is 0 Å². The lowest BCUT2D eigenvalue weighted by Gasteiger charge is -2.28. The van der Waals surface area contributed by atoms with Crippen LogP contribution in [0.15, 0.2) is 204 Å². The van der Waals surface area contributed by atoms with Gasteiger partial charge in [-0.1, -0.05) is 158 Å². The first kappa shape index (κ1) is 25.1. The first-order chi connectivity index (χ1) is 27.9. The first-order valence-electron chi connectivity index (χ1n) is 19.8. The van der Waals surface area contributed by atoms with Crippen LogP contribution in [0.3, 0.4) is 0 Å². The number of furan rings is 1. The minimum Gasteiger partial charge on any atom is -0.455 e. The average Bonchev–Trinajstić information content (AvgIpc) is 3.64. The fraction of sp³-hybridized carbons (Fsp3) is 0. The van der Waals surface area contributed by atoms with Crippen molar-refractivity contribution < 1.29 is 11.3 Å². The molecule has 0 saturated heterocycles. The molecule has 0 radical (unpaired) electrons. The summed E-state index contributed by atoms with van der Waals surface area (Å²) < 4.78 is 48.1. The molecule has 0 aliphatic carbocycles. The summed E-state index contributed by atoms with van der Waals surface area (Å²) in [5.41, 5.74) is 9.57. The maximum Gasteiger partial charge on any atom is 0.143 e. The van der Waals surface area contributed by atoms with Crippen LogP contribution >= 0.6 is 0 Å². The molecule has 0 amide bonds. The normalized spacial score (nSPS) is 12.8. The third-order valence-electron chi connectivity index (χ3n) is 9.94. The van der Waals surface area contributed by atoms with Gasteiger partial charge in [0.05, 0.1) is 12.5 Å². The molecular formula is C50H33NO. The zero-order valence-corrected chi connectivity index (χ0v) is 28.0. The summed E-state index contributed by atoms with van der Waals surface area (Å²) in [7, 11) is 0. The Hall–Kier alpha value is -6.90. The largest absolute Gasteiger partial charge is 0.455 e. The van der Waals surface area contributed by atoms with Crippen LogP contribution in [0.2, 0.25) is 0 Å². The van der Waals surface area contributed by atoms with Gasteiger partial charge in [-0.25, -0.2) is 0 Å². The monoisotopic (exact) mass is 668 g/mol. The number of benzene rings is 9. The highest BCUT2D eigenvalue weighted by atomic mass is 16.3. The molecule has 0 N–H and O–H groups in total. The Morgan fingerprint density at radius 3 is 1.77 bits per heavy atom. The fourth-order valence-electron chi connectivity index (χ4n) is 7.44. The van der Waals surface area contributed by atoms with Gasteiger partial charge in [-0.05, 0) is 86.4 Å². The molecular weight excluding hydrogens is 631 g/mol. The summed E-state index contributed by atoms with van der Waals surface area (Å²) in [4.78, 5) is 2.22. The van der Waals surface area contributed by atoms with Gasteiger partial charge in [0.25, 0.3) is 0 Å². The van der Waals surface area contributed by atoms with Crippen molar-refractivity contribution >= 4 is 60.5 Å². The lowest BCUT2D eigenvalue weighted by molar-refractivity contribution is 0.670. The van der Waals surface area contributed by atoms with E-state index in [1.54, 1.807) is 0 Å². The summed E-state index contributed by atoms with van der Waals surface area (Å²) in [6.07, 6.45) is 0. The van der Waals surface area contributed by atoms with Crippen molar-refractivity contribution in [2.75, 3.05) is 4.90 Å². The van der Waals surface area contributed by atoms with Crippen molar-refractivity contribution in [1.82, 2.24) is 0 Å². The van der Waals surface area contributed by atoms with Crippen molar-refractivity contribution in [3.05, 3.63) is 200 Å². The molecule has 0 aliphatic heterocycles. The number of anilines is 3. The Morgan fingerprint density at radius 2 is 1.02 bits per heavy atom. The number of para-hydroxylation sites is 1. The molecule has 1 heterocycles. The predicted molar refractivity (Wildman–Crippen MR) is 220 cm³/mol. The van der Waals surface area contributed by atoms with Gasteiger partial charge in [0, 0.05) is 33.1 Å². The molecule has 10 rings (SSSR count). The van der Waals surface area contributed by atoms with Gasteiger partial charge < -0.3 is 9.32 Å². The maximum absolute atomic E-state index is 8.57. The molecule has 2 nitrogen and oxygen atoms in total. The van der Waals surface area contributed by atoms with E-state index in [1.807, 2.05) is 42.5 Å². The van der Waals surface area contributed by atoms with Crippen molar-refractivity contribution in [3.8, 4) is 33.4 Å². The van der Waals surface area contributed by atoms with Crippen molar-refractivity contribution in [2.45, 2.75) is 0 Å². The van der Waals surface area contributed by atoms with E-state index in [9.17, 15) is 0 Å². The lowest BCUT2D eigenvalue weighted by atomic mass is 9.98. The van der Waals surface area contributed by atoms with Crippen molar-refractivity contribution in [3.63, 3.8) is 0 Å². The number of nitrogens with zero attached hydrogens (tertiary/aromatic N) is 1. The summed E-state index contributed by atoms with van der Waals surface area (Å²) in [5.74, 6) is 0. The molecule has 0 saturated carbocycles. The van der Waals surface area contributed by atoms with E-state index in [0.717, 1.165) is 77.4 Å². The van der Waals surface area contributed by atoms with Gasteiger partial charge in [-0.15, -0.1) is 0 Å². The van der Waals surface area contributed by atoms with Crippen LogP contribution in [-0.4, -0.2) is 0 Å². The Labute approximate surface area is 309 Å². The summed E-state index contributed by atoms with van der Waals surface area (Å²) >= 11 is 0.